The van der Waals surface area contributed by atoms with Crippen molar-refractivity contribution < 1.29 is 13.9 Å². The van der Waals surface area contributed by atoms with E-state index in [0.717, 1.165) is 4.47 Å². The van der Waals surface area contributed by atoms with Gasteiger partial charge in [-0.2, -0.15) is 0 Å². The maximum Gasteiger partial charge on any atom is 0.138 e. The highest BCUT2D eigenvalue weighted by molar-refractivity contribution is 9.10. The van der Waals surface area contributed by atoms with E-state index in [1.807, 2.05) is 0 Å². The molecule has 0 spiro atoms. The predicted octanol–water partition coefficient (Wildman–Crippen LogP) is 5.07. The summed E-state index contributed by atoms with van der Waals surface area (Å²) in [6, 6.07) is 11.0. The first kappa shape index (κ1) is 13.6. The van der Waals surface area contributed by atoms with Crippen molar-refractivity contribution in [3.8, 4) is 0 Å². The molecule has 2 aromatic carbocycles. The van der Waals surface area contributed by atoms with Gasteiger partial charge in [0.05, 0.1) is 0 Å². The zero-order valence-corrected chi connectivity index (χ0v) is 12.5. The summed E-state index contributed by atoms with van der Waals surface area (Å²) < 4.78 is 19.5. The lowest BCUT2D eigenvalue weighted by molar-refractivity contribution is 0.192. The van der Waals surface area contributed by atoms with Crippen LogP contribution in [0, 0.1) is 5.82 Å². The summed E-state index contributed by atoms with van der Waals surface area (Å²) in [7, 11) is 0. The van der Waals surface area contributed by atoms with Crippen LogP contribution in [-0.2, 0) is 0 Å². The number of benzene rings is 2. The van der Waals surface area contributed by atoms with Crippen molar-refractivity contribution in [2.24, 2.45) is 0 Å². The zero-order valence-electron chi connectivity index (χ0n) is 10.1. The van der Waals surface area contributed by atoms with E-state index in [1.54, 1.807) is 24.3 Å². The van der Waals surface area contributed by atoms with E-state index in [4.69, 9.17) is 16.0 Å². The molecular weight excluding hydrogens is 347 g/mol. The lowest BCUT2D eigenvalue weighted by atomic mass is 10.1. The Morgan fingerprint density at radius 1 is 1.15 bits per heavy atom. The topological polar surface area (TPSA) is 33.4 Å². The third-order valence-electron chi connectivity index (χ3n) is 2.97. The van der Waals surface area contributed by atoms with E-state index in [9.17, 15) is 9.50 Å². The van der Waals surface area contributed by atoms with Gasteiger partial charge in [-0.05, 0) is 48.0 Å². The van der Waals surface area contributed by atoms with E-state index < -0.39 is 6.10 Å². The molecule has 0 fully saturated rings. The summed E-state index contributed by atoms with van der Waals surface area (Å²) in [4.78, 5) is 0. The second kappa shape index (κ2) is 5.20. The fraction of sp³-hybridized carbons (Fsp3) is 0.0667. The van der Waals surface area contributed by atoms with Crippen LogP contribution in [-0.4, -0.2) is 5.11 Å². The van der Waals surface area contributed by atoms with Crippen LogP contribution < -0.4 is 0 Å². The van der Waals surface area contributed by atoms with E-state index in [2.05, 4.69) is 15.9 Å². The quantitative estimate of drug-likeness (QED) is 0.696. The number of halogens is 3. The molecular formula is C15H9BrClFO2. The Hall–Kier alpha value is -1.36. The molecule has 3 rings (SSSR count). The molecule has 1 atom stereocenters. The molecule has 3 aromatic rings. The minimum Gasteiger partial charge on any atom is -0.458 e. The number of rotatable bonds is 2. The lowest BCUT2D eigenvalue weighted by Gasteiger charge is -2.09. The first-order chi connectivity index (χ1) is 9.52. The van der Waals surface area contributed by atoms with Gasteiger partial charge < -0.3 is 9.52 Å². The summed E-state index contributed by atoms with van der Waals surface area (Å²) >= 11 is 9.28. The first-order valence-electron chi connectivity index (χ1n) is 5.86. The summed E-state index contributed by atoms with van der Waals surface area (Å²) in [6.07, 6.45) is -0.958. The molecule has 0 aliphatic carbocycles. The van der Waals surface area contributed by atoms with Gasteiger partial charge in [-0.15, -0.1) is 0 Å². The second-order valence-electron chi connectivity index (χ2n) is 4.44. The van der Waals surface area contributed by atoms with Gasteiger partial charge >= 0.3 is 0 Å². The third-order valence-corrected chi connectivity index (χ3v) is 3.64. The Labute approximate surface area is 127 Å². The van der Waals surface area contributed by atoms with Crippen molar-refractivity contribution >= 4 is 38.5 Å². The Morgan fingerprint density at radius 3 is 2.70 bits per heavy atom. The summed E-state index contributed by atoms with van der Waals surface area (Å²) in [5.74, 6) is 0.00427. The molecule has 5 heteroatoms. The molecule has 1 heterocycles. The molecule has 0 bridgehead atoms. The van der Waals surface area contributed by atoms with Crippen LogP contribution in [0.25, 0.3) is 11.0 Å². The highest BCUT2D eigenvalue weighted by Gasteiger charge is 2.17. The van der Waals surface area contributed by atoms with Gasteiger partial charge in [0.2, 0.25) is 0 Å². The van der Waals surface area contributed by atoms with E-state index in [1.165, 1.54) is 18.2 Å². The van der Waals surface area contributed by atoms with Gasteiger partial charge in [0.15, 0.2) is 0 Å². The standard InChI is InChI=1S/C15H9BrClFO2/c16-10-3-9(4-11(17)7-10)15(19)14-6-8-5-12(18)1-2-13(8)20-14/h1-7,15,19H. The third kappa shape index (κ3) is 2.59. The van der Waals surface area contributed by atoms with Crippen LogP contribution >= 0.6 is 27.5 Å². The average molecular weight is 356 g/mol. The largest absolute Gasteiger partial charge is 0.458 e. The molecule has 0 aliphatic rings. The molecule has 0 radical (unpaired) electrons. The number of aliphatic hydroxyl groups excluding tert-OH is 1. The van der Waals surface area contributed by atoms with E-state index in [0.29, 0.717) is 27.3 Å². The van der Waals surface area contributed by atoms with Crippen molar-refractivity contribution in [2.45, 2.75) is 6.10 Å². The molecule has 2 nitrogen and oxygen atoms in total. The maximum atomic E-state index is 13.1. The number of hydrogen-bond donors (Lipinski definition) is 1. The van der Waals surface area contributed by atoms with Crippen molar-refractivity contribution in [3.63, 3.8) is 0 Å². The summed E-state index contributed by atoms with van der Waals surface area (Å²) in [6.45, 7) is 0. The molecule has 1 N–H and O–H groups in total. The molecule has 102 valence electrons. The van der Waals surface area contributed by atoms with E-state index >= 15 is 0 Å². The molecule has 0 aliphatic heterocycles. The van der Waals surface area contributed by atoms with Crippen molar-refractivity contribution in [1.82, 2.24) is 0 Å². The average Bonchev–Trinajstić information content (AvgIpc) is 2.79. The fourth-order valence-electron chi connectivity index (χ4n) is 2.07. The minimum atomic E-state index is -0.958. The Morgan fingerprint density at radius 2 is 1.95 bits per heavy atom. The molecule has 20 heavy (non-hydrogen) atoms. The van der Waals surface area contributed by atoms with Crippen LogP contribution in [0.15, 0.2) is 51.4 Å². The molecule has 0 saturated heterocycles. The van der Waals surface area contributed by atoms with Crippen LogP contribution in [0.2, 0.25) is 5.02 Å². The van der Waals surface area contributed by atoms with Crippen LogP contribution in [0.5, 0.6) is 0 Å². The van der Waals surface area contributed by atoms with Crippen LogP contribution in [0.4, 0.5) is 4.39 Å². The SMILES string of the molecule is OC(c1cc(Cl)cc(Br)c1)c1cc2cc(F)ccc2o1. The Bertz CT molecular complexity index is 764. The second-order valence-corrected chi connectivity index (χ2v) is 5.79. The van der Waals surface area contributed by atoms with Crippen LogP contribution in [0.3, 0.4) is 0 Å². The first-order valence-corrected chi connectivity index (χ1v) is 7.03. The number of aliphatic hydroxyl groups is 1. The zero-order chi connectivity index (χ0) is 14.3. The lowest BCUT2D eigenvalue weighted by Crippen LogP contribution is -1.97. The predicted molar refractivity (Wildman–Crippen MR) is 79.4 cm³/mol. The van der Waals surface area contributed by atoms with Crippen molar-refractivity contribution in [1.29, 1.82) is 0 Å². The monoisotopic (exact) mass is 354 g/mol. The summed E-state index contributed by atoms with van der Waals surface area (Å²) in [5.41, 5.74) is 1.13. The van der Waals surface area contributed by atoms with E-state index in [-0.39, 0.29) is 5.82 Å². The number of fused-ring (bicyclic) bond motifs is 1. The molecule has 1 aromatic heterocycles. The maximum absolute atomic E-state index is 13.1. The van der Waals surface area contributed by atoms with Gasteiger partial charge in [0.1, 0.15) is 23.3 Å². The van der Waals surface area contributed by atoms with Gasteiger partial charge in [-0.3, -0.25) is 0 Å². The molecule has 0 amide bonds. The van der Waals surface area contributed by atoms with Crippen molar-refractivity contribution in [2.75, 3.05) is 0 Å². The van der Waals surface area contributed by atoms with Gasteiger partial charge in [-0.25, -0.2) is 4.39 Å². The van der Waals surface area contributed by atoms with Gasteiger partial charge in [0, 0.05) is 14.9 Å². The van der Waals surface area contributed by atoms with Crippen LogP contribution in [0.1, 0.15) is 17.4 Å². The Kier molecular flexibility index (Phi) is 3.54. The highest BCUT2D eigenvalue weighted by Crippen LogP contribution is 2.31. The summed E-state index contributed by atoms with van der Waals surface area (Å²) in [5, 5.41) is 11.5. The minimum absolute atomic E-state index is 0.343. The highest BCUT2D eigenvalue weighted by atomic mass is 79.9. The Balaban J connectivity index is 2.05. The normalized spacial score (nSPS) is 12.8. The van der Waals surface area contributed by atoms with Gasteiger partial charge in [-0.1, -0.05) is 27.5 Å². The van der Waals surface area contributed by atoms with Crippen molar-refractivity contribution in [3.05, 3.63) is 69.1 Å². The number of furan rings is 1. The number of hydrogen-bond acceptors (Lipinski definition) is 2. The smallest absolute Gasteiger partial charge is 0.138 e. The fourth-order valence-corrected chi connectivity index (χ4v) is 2.95. The van der Waals surface area contributed by atoms with Gasteiger partial charge in [0.25, 0.3) is 0 Å². The molecule has 1 unspecified atom stereocenters. The molecule has 0 saturated carbocycles.